The predicted octanol–water partition coefficient (Wildman–Crippen LogP) is 24.3. The molecule has 0 amide bonds. The van der Waals surface area contributed by atoms with Gasteiger partial charge in [0, 0.05) is 55.6 Å². The van der Waals surface area contributed by atoms with E-state index in [1.165, 1.54) is 44.5 Å². The third-order valence-electron chi connectivity index (χ3n) is 22.6. The first-order chi connectivity index (χ1) is 53.5. The van der Waals surface area contributed by atoms with E-state index in [1.54, 1.807) is 0 Å². The van der Waals surface area contributed by atoms with Crippen LogP contribution in [-0.2, 0) is 10.8 Å². The molecule has 0 saturated heterocycles. The first-order valence-electron chi connectivity index (χ1n) is 36.6. The molecule has 0 saturated carbocycles. The van der Waals surface area contributed by atoms with Crippen molar-refractivity contribution in [1.29, 1.82) is 0 Å². The first kappa shape index (κ1) is 61.2. The highest BCUT2D eigenvalue weighted by Crippen LogP contribution is 2.64. The summed E-state index contributed by atoms with van der Waals surface area (Å²) >= 11 is 0. The van der Waals surface area contributed by atoms with E-state index in [1.807, 2.05) is 30.3 Å². The number of ether oxygens (including phenoxy) is 2. The van der Waals surface area contributed by atoms with Gasteiger partial charge in [-0.05, 0) is 130 Å². The largest absolute Gasteiger partial charge is 0.457 e. The summed E-state index contributed by atoms with van der Waals surface area (Å²) in [5.74, 6) is 6.86. The van der Waals surface area contributed by atoms with Gasteiger partial charge >= 0.3 is 0 Å². The predicted molar refractivity (Wildman–Crippen MR) is 432 cm³/mol. The Hall–Kier alpha value is -14.3. The lowest BCUT2D eigenvalue weighted by molar-refractivity contribution is 0.436. The molecule has 18 aromatic rings. The Bertz CT molecular complexity index is 6650. The molecule has 4 aliphatic rings. The summed E-state index contributed by atoms with van der Waals surface area (Å²) in [6, 6.07) is 129. The quantitative estimate of drug-likeness (QED) is 0.141. The Balaban J connectivity index is 0.606. The molecule has 2 spiro atoms. The standard InChI is InChI=1S/C100H60N6O2/c1-2-21-66(22-3-1)93-101-96(106-98(105-93)80-30-18-24-65-20-6-7-25-75(65)80)69-48-41-64(42-49-69)73-53-56-88-92(60-73)108-91-59-72(52-55-87(91)100(88)83-33-14-10-28-78(83)79-29-11-15-34-84(79)100)63-39-46-68(47-40-63)95-102-94(103-97(104-95)74-50-43-61-19-4-5-23-70(61)57-74)67-44-37-62(38-45-67)71-51-54-86-90(58-71)107-89-36-17-16-35-85(89)99(86)81-31-12-8-26-76(81)77-27-9-13-32-82(77)99/h1-60H. The van der Waals surface area contributed by atoms with Crippen LogP contribution in [0.4, 0.5) is 0 Å². The van der Waals surface area contributed by atoms with E-state index in [9.17, 15) is 0 Å². The van der Waals surface area contributed by atoms with Gasteiger partial charge in [-0.1, -0.05) is 334 Å². The average molecular weight is 1380 g/mol. The summed E-state index contributed by atoms with van der Waals surface area (Å²) in [4.78, 5) is 31.2. The second kappa shape index (κ2) is 24.1. The van der Waals surface area contributed by atoms with E-state index >= 15 is 0 Å². The third-order valence-corrected chi connectivity index (χ3v) is 22.6. The average Bonchev–Trinajstić information content (AvgIpc) is 1.49. The molecular weight excluding hydrogens is 1320 g/mol. The maximum atomic E-state index is 7.33. The minimum Gasteiger partial charge on any atom is -0.457 e. The van der Waals surface area contributed by atoms with Crippen molar-refractivity contribution < 1.29 is 9.47 Å². The third kappa shape index (κ3) is 9.43. The molecule has 8 heteroatoms. The maximum absolute atomic E-state index is 7.33. The van der Waals surface area contributed by atoms with Crippen LogP contribution in [0, 0.1) is 0 Å². The highest BCUT2D eigenvalue weighted by molar-refractivity contribution is 5.97. The van der Waals surface area contributed by atoms with Gasteiger partial charge in [-0.15, -0.1) is 0 Å². The van der Waals surface area contributed by atoms with Crippen molar-refractivity contribution in [3.63, 3.8) is 0 Å². The fraction of sp³-hybridized carbons (Fsp3) is 0.0200. The van der Waals surface area contributed by atoms with E-state index in [0.29, 0.717) is 34.9 Å². The molecule has 22 rings (SSSR count). The van der Waals surface area contributed by atoms with E-state index in [0.717, 1.165) is 134 Å². The smallest absolute Gasteiger partial charge is 0.164 e. The SMILES string of the molecule is c1ccc(-c2nc(-c3ccc(-c4ccc5c(c4)Oc4cc(-c6ccc(-c7nc(-c8ccc(-c9ccc%10c(c9)Oc9ccccc9C%109c%10ccccc%10-c%10ccccc%109)cc8)nc(-c8ccc9ccccc9c8)n7)cc6)ccc4C54c5ccccc5-c5ccccc54)cc3)nc(-c3cccc4ccccc34)n2)cc1. The molecule has 4 heterocycles. The van der Waals surface area contributed by atoms with Crippen LogP contribution in [0.3, 0.4) is 0 Å². The Morgan fingerprint density at radius 1 is 0.167 bits per heavy atom. The van der Waals surface area contributed by atoms with Crippen molar-refractivity contribution in [2.45, 2.75) is 10.8 Å². The van der Waals surface area contributed by atoms with E-state index < -0.39 is 10.8 Å². The number of para-hydroxylation sites is 1. The van der Waals surface area contributed by atoms with Crippen LogP contribution in [0.1, 0.15) is 44.5 Å². The first-order valence-corrected chi connectivity index (χ1v) is 36.6. The molecule has 16 aromatic carbocycles. The monoisotopic (exact) mass is 1380 g/mol. The van der Waals surface area contributed by atoms with Crippen LogP contribution in [0.15, 0.2) is 364 Å². The number of nitrogens with zero attached hydrogens (tertiary/aromatic N) is 6. The molecule has 0 bridgehead atoms. The highest BCUT2D eigenvalue weighted by atomic mass is 16.5. The number of aromatic nitrogens is 6. The number of hydrogen-bond donors (Lipinski definition) is 0. The Kier molecular flexibility index (Phi) is 13.7. The summed E-state index contributed by atoms with van der Waals surface area (Å²) in [6.45, 7) is 0. The molecule has 8 nitrogen and oxygen atoms in total. The molecule has 0 radical (unpaired) electrons. The van der Waals surface area contributed by atoms with Gasteiger partial charge in [0.25, 0.3) is 0 Å². The summed E-state index contributed by atoms with van der Waals surface area (Å²) < 4.78 is 14.2. The van der Waals surface area contributed by atoms with Gasteiger partial charge in [-0.3, -0.25) is 0 Å². The lowest BCUT2D eigenvalue weighted by atomic mass is 9.65. The molecule has 2 aliphatic carbocycles. The van der Waals surface area contributed by atoms with E-state index in [4.69, 9.17) is 39.4 Å². The summed E-state index contributed by atoms with van der Waals surface area (Å²) in [6.07, 6.45) is 0. The van der Waals surface area contributed by atoms with Gasteiger partial charge in [0.1, 0.15) is 23.0 Å². The fourth-order valence-corrected chi connectivity index (χ4v) is 17.6. The zero-order valence-electron chi connectivity index (χ0n) is 58.1. The molecule has 108 heavy (non-hydrogen) atoms. The van der Waals surface area contributed by atoms with Gasteiger partial charge in [0.05, 0.1) is 10.8 Å². The lowest BCUT2D eigenvalue weighted by Crippen LogP contribution is -2.32. The zero-order chi connectivity index (χ0) is 71.0. The molecule has 0 N–H and O–H groups in total. The van der Waals surface area contributed by atoms with Crippen molar-refractivity contribution in [1.82, 2.24) is 29.9 Å². The van der Waals surface area contributed by atoms with Crippen LogP contribution in [0.2, 0.25) is 0 Å². The molecule has 502 valence electrons. The Labute approximate surface area is 623 Å². The Morgan fingerprint density at radius 3 is 0.944 bits per heavy atom. The van der Waals surface area contributed by atoms with Gasteiger partial charge in [0.2, 0.25) is 0 Å². The van der Waals surface area contributed by atoms with Crippen LogP contribution < -0.4 is 9.47 Å². The number of rotatable bonds is 9. The minimum atomic E-state index is -0.665. The number of benzene rings is 16. The normalized spacial score (nSPS) is 13.3. The number of hydrogen-bond acceptors (Lipinski definition) is 8. The highest BCUT2D eigenvalue weighted by Gasteiger charge is 2.53. The lowest BCUT2D eigenvalue weighted by Gasteiger charge is -2.39. The van der Waals surface area contributed by atoms with Crippen molar-refractivity contribution in [2.75, 3.05) is 0 Å². The van der Waals surface area contributed by atoms with Crippen LogP contribution in [-0.4, -0.2) is 29.9 Å². The molecule has 2 aliphatic heterocycles. The molecule has 0 unspecified atom stereocenters. The summed E-state index contributed by atoms with van der Waals surface area (Å²) in [7, 11) is 0. The van der Waals surface area contributed by atoms with Crippen molar-refractivity contribution >= 4 is 21.5 Å². The zero-order valence-corrected chi connectivity index (χ0v) is 58.1. The second-order valence-electron chi connectivity index (χ2n) is 28.3. The summed E-state index contributed by atoms with van der Waals surface area (Å²) in [5.41, 5.74) is 24.8. The molecule has 0 atom stereocenters. The van der Waals surface area contributed by atoms with Gasteiger partial charge in [-0.2, -0.15) is 0 Å². The molecule has 2 aromatic heterocycles. The maximum Gasteiger partial charge on any atom is 0.164 e. The van der Waals surface area contributed by atoms with Crippen molar-refractivity contribution in [3.05, 3.63) is 408 Å². The Morgan fingerprint density at radius 2 is 0.472 bits per heavy atom. The summed E-state index contributed by atoms with van der Waals surface area (Å²) in [5, 5.41) is 4.46. The number of fused-ring (bicyclic) bond motifs is 20. The second-order valence-corrected chi connectivity index (χ2v) is 28.3. The minimum absolute atomic E-state index is 0.533. The van der Waals surface area contributed by atoms with Crippen molar-refractivity contribution in [3.8, 4) is 147 Å². The molecule has 0 fully saturated rings. The fourth-order valence-electron chi connectivity index (χ4n) is 17.6. The van der Waals surface area contributed by atoms with Gasteiger partial charge in [0.15, 0.2) is 34.9 Å². The van der Waals surface area contributed by atoms with E-state index in [2.05, 4.69) is 334 Å². The van der Waals surface area contributed by atoms with Crippen LogP contribution >= 0.6 is 0 Å². The topological polar surface area (TPSA) is 95.8 Å². The van der Waals surface area contributed by atoms with E-state index in [-0.39, 0.29) is 0 Å². The van der Waals surface area contributed by atoms with Gasteiger partial charge in [-0.25, -0.2) is 29.9 Å². The van der Waals surface area contributed by atoms with Crippen LogP contribution in [0.25, 0.3) is 146 Å². The van der Waals surface area contributed by atoms with Gasteiger partial charge < -0.3 is 9.47 Å². The van der Waals surface area contributed by atoms with Crippen molar-refractivity contribution in [2.24, 2.45) is 0 Å². The molecular formula is C100H60N6O2. The van der Waals surface area contributed by atoms with Crippen LogP contribution in [0.5, 0.6) is 23.0 Å².